The molecule has 1 amide bonds. The molecule has 1 aliphatic carbocycles. The summed E-state index contributed by atoms with van der Waals surface area (Å²) in [7, 11) is 1.79. The number of ether oxygens (including phenoxy) is 1. The van der Waals surface area contributed by atoms with Crippen LogP contribution in [0.2, 0.25) is 0 Å². The Morgan fingerprint density at radius 2 is 2.12 bits per heavy atom. The summed E-state index contributed by atoms with van der Waals surface area (Å²) in [5.74, 6) is -0.597. The first-order valence-corrected chi connectivity index (χ1v) is 8.96. The summed E-state index contributed by atoms with van der Waals surface area (Å²) in [6, 6.07) is 0. The van der Waals surface area contributed by atoms with Gasteiger partial charge in [0, 0.05) is 17.6 Å². The highest BCUT2D eigenvalue weighted by Gasteiger charge is 2.27. The van der Waals surface area contributed by atoms with Crippen molar-refractivity contribution < 1.29 is 14.3 Å². The fraction of sp³-hybridized carbons (Fsp3) is 0.471. The van der Waals surface area contributed by atoms with E-state index in [2.05, 4.69) is 10.4 Å². The van der Waals surface area contributed by atoms with E-state index in [-0.39, 0.29) is 11.9 Å². The molecule has 2 aromatic rings. The van der Waals surface area contributed by atoms with Crippen LogP contribution in [0, 0.1) is 6.92 Å². The minimum Gasteiger partial charge on any atom is -0.462 e. The van der Waals surface area contributed by atoms with Crippen LogP contribution in [-0.2, 0) is 24.6 Å². The summed E-state index contributed by atoms with van der Waals surface area (Å²) in [4.78, 5) is 26.2. The van der Waals surface area contributed by atoms with Gasteiger partial charge in [0.05, 0.1) is 23.9 Å². The van der Waals surface area contributed by atoms with Crippen molar-refractivity contribution in [3.63, 3.8) is 0 Å². The molecule has 7 heteroatoms. The maximum Gasteiger partial charge on any atom is 0.341 e. The van der Waals surface area contributed by atoms with E-state index in [1.54, 1.807) is 24.9 Å². The first-order valence-electron chi connectivity index (χ1n) is 8.14. The number of carbonyl (C=O) groups is 2. The number of carbonyl (C=O) groups excluding carboxylic acids is 2. The Kier molecular flexibility index (Phi) is 4.71. The van der Waals surface area contributed by atoms with Crippen molar-refractivity contribution in [2.45, 2.75) is 39.5 Å². The number of thiophene rings is 1. The molecule has 0 fully saturated rings. The van der Waals surface area contributed by atoms with Gasteiger partial charge in [-0.1, -0.05) is 0 Å². The van der Waals surface area contributed by atoms with Gasteiger partial charge in [-0.05, 0) is 45.1 Å². The Labute approximate surface area is 144 Å². The molecule has 0 unspecified atom stereocenters. The molecular formula is C17H21N3O3S. The molecular weight excluding hydrogens is 326 g/mol. The maximum absolute atomic E-state index is 12.6. The van der Waals surface area contributed by atoms with E-state index in [4.69, 9.17) is 4.74 Å². The van der Waals surface area contributed by atoms with Crippen LogP contribution in [0.5, 0.6) is 0 Å². The summed E-state index contributed by atoms with van der Waals surface area (Å²) in [5.41, 5.74) is 2.87. The molecule has 0 saturated heterocycles. The fourth-order valence-electron chi connectivity index (χ4n) is 2.97. The lowest BCUT2D eigenvalue weighted by molar-refractivity contribution is 0.0526. The third kappa shape index (κ3) is 2.96. The number of aryl methyl sites for hydroxylation is 2. The molecule has 2 heterocycles. The van der Waals surface area contributed by atoms with Gasteiger partial charge in [-0.25, -0.2) is 4.79 Å². The highest BCUT2D eigenvalue weighted by molar-refractivity contribution is 7.17. The number of anilines is 1. The largest absolute Gasteiger partial charge is 0.462 e. The zero-order valence-corrected chi connectivity index (χ0v) is 15.0. The van der Waals surface area contributed by atoms with Gasteiger partial charge in [0.15, 0.2) is 0 Å². The first-order chi connectivity index (χ1) is 11.5. The van der Waals surface area contributed by atoms with E-state index in [1.165, 1.54) is 16.2 Å². The van der Waals surface area contributed by atoms with Crippen molar-refractivity contribution in [1.82, 2.24) is 9.78 Å². The van der Waals surface area contributed by atoms with E-state index in [0.717, 1.165) is 36.9 Å². The highest BCUT2D eigenvalue weighted by atomic mass is 32.1. The van der Waals surface area contributed by atoms with Gasteiger partial charge in [0.2, 0.25) is 0 Å². The minimum absolute atomic E-state index is 0.246. The minimum atomic E-state index is -0.352. The van der Waals surface area contributed by atoms with Crippen LogP contribution in [0.3, 0.4) is 0 Å². The quantitative estimate of drug-likeness (QED) is 0.863. The van der Waals surface area contributed by atoms with Gasteiger partial charge in [-0.2, -0.15) is 5.10 Å². The molecule has 0 aromatic carbocycles. The lowest BCUT2D eigenvalue weighted by atomic mass is 9.95. The number of hydrogen-bond acceptors (Lipinski definition) is 5. The van der Waals surface area contributed by atoms with Crippen molar-refractivity contribution in [3.05, 3.63) is 33.5 Å². The SMILES string of the molecule is CCOC(=O)c1c(NC(=O)c2cnn(C)c2C)sc2c1CCCC2. The number of amides is 1. The van der Waals surface area contributed by atoms with Crippen LogP contribution in [-0.4, -0.2) is 28.3 Å². The van der Waals surface area contributed by atoms with Crippen molar-refractivity contribution in [2.75, 3.05) is 11.9 Å². The monoisotopic (exact) mass is 347 g/mol. The first kappa shape index (κ1) is 16.7. The van der Waals surface area contributed by atoms with Crippen LogP contribution >= 0.6 is 11.3 Å². The van der Waals surface area contributed by atoms with Gasteiger partial charge in [-0.3, -0.25) is 9.48 Å². The number of aromatic nitrogens is 2. The van der Waals surface area contributed by atoms with Gasteiger partial charge in [0.1, 0.15) is 5.00 Å². The Bertz CT molecular complexity index is 791. The Balaban J connectivity index is 1.95. The number of hydrogen-bond donors (Lipinski definition) is 1. The number of nitrogens with one attached hydrogen (secondary N) is 1. The summed E-state index contributed by atoms with van der Waals surface area (Å²) in [6.45, 7) is 3.94. The molecule has 0 saturated carbocycles. The molecule has 1 aliphatic rings. The van der Waals surface area contributed by atoms with Crippen LogP contribution < -0.4 is 5.32 Å². The predicted molar refractivity (Wildman–Crippen MR) is 92.8 cm³/mol. The third-order valence-corrected chi connectivity index (χ3v) is 5.57. The van der Waals surface area contributed by atoms with Gasteiger partial charge >= 0.3 is 5.97 Å². The predicted octanol–water partition coefficient (Wildman–Crippen LogP) is 3.10. The number of rotatable bonds is 4. The number of esters is 1. The van der Waals surface area contributed by atoms with Crippen LogP contribution in [0.1, 0.15) is 56.6 Å². The second kappa shape index (κ2) is 6.76. The summed E-state index contributed by atoms with van der Waals surface area (Å²) in [6.07, 6.45) is 5.54. The van der Waals surface area contributed by atoms with Gasteiger partial charge in [0.25, 0.3) is 5.91 Å². The Morgan fingerprint density at radius 3 is 2.79 bits per heavy atom. The topological polar surface area (TPSA) is 73.2 Å². The molecule has 24 heavy (non-hydrogen) atoms. The van der Waals surface area contributed by atoms with E-state index >= 15 is 0 Å². The van der Waals surface area contributed by atoms with Crippen LogP contribution in [0.4, 0.5) is 5.00 Å². The van der Waals surface area contributed by atoms with E-state index in [0.29, 0.717) is 22.7 Å². The molecule has 1 N–H and O–H groups in total. The second-order valence-corrected chi connectivity index (χ2v) is 6.96. The van der Waals surface area contributed by atoms with Crippen LogP contribution in [0.15, 0.2) is 6.20 Å². The number of fused-ring (bicyclic) bond motifs is 1. The fourth-order valence-corrected chi connectivity index (χ4v) is 4.24. The molecule has 0 atom stereocenters. The summed E-state index contributed by atoms with van der Waals surface area (Å²) >= 11 is 1.49. The van der Waals surface area contributed by atoms with Crippen LogP contribution in [0.25, 0.3) is 0 Å². The zero-order chi connectivity index (χ0) is 17.3. The summed E-state index contributed by atoms with van der Waals surface area (Å²) in [5, 5.41) is 7.59. The van der Waals surface area contributed by atoms with Gasteiger partial charge < -0.3 is 10.1 Å². The standard InChI is InChI=1S/C17H21N3O3S/c1-4-23-17(22)14-11-7-5-6-8-13(11)24-16(14)19-15(21)12-9-18-20(3)10(12)2/h9H,4-8H2,1-3H3,(H,19,21). The van der Waals surface area contributed by atoms with Crippen molar-refractivity contribution >= 4 is 28.2 Å². The smallest absolute Gasteiger partial charge is 0.341 e. The zero-order valence-electron chi connectivity index (χ0n) is 14.1. The molecule has 0 spiro atoms. The Hall–Kier alpha value is -2.15. The molecule has 0 bridgehead atoms. The molecule has 128 valence electrons. The lowest BCUT2D eigenvalue weighted by Crippen LogP contribution is -2.16. The molecule has 0 aliphatic heterocycles. The normalized spacial score (nSPS) is 13.5. The van der Waals surface area contributed by atoms with Crippen molar-refractivity contribution in [3.8, 4) is 0 Å². The third-order valence-electron chi connectivity index (χ3n) is 4.36. The molecule has 2 aromatic heterocycles. The van der Waals surface area contributed by atoms with Crippen molar-refractivity contribution in [2.24, 2.45) is 7.05 Å². The number of nitrogens with zero attached hydrogens (tertiary/aromatic N) is 2. The van der Waals surface area contributed by atoms with Crippen molar-refractivity contribution in [1.29, 1.82) is 0 Å². The average Bonchev–Trinajstić information content (AvgIpc) is 3.08. The van der Waals surface area contributed by atoms with E-state index in [9.17, 15) is 9.59 Å². The van der Waals surface area contributed by atoms with E-state index < -0.39 is 0 Å². The van der Waals surface area contributed by atoms with E-state index in [1.807, 2.05) is 6.92 Å². The molecule has 3 rings (SSSR count). The maximum atomic E-state index is 12.6. The lowest BCUT2D eigenvalue weighted by Gasteiger charge is -2.12. The average molecular weight is 347 g/mol. The highest BCUT2D eigenvalue weighted by Crippen LogP contribution is 2.38. The van der Waals surface area contributed by atoms with Gasteiger partial charge in [-0.15, -0.1) is 11.3 Å². The molecule has 0 radical (unpaired) electrons. The Morgan fingerprint density at radius 1 is 1.38 bits per heavy atom. The second-order valence-electron chi connectivity index (χ2n) is 5.86. The summed E-state index contributed by atoms with van der Waals surface area (Å²) < 4.78 is 6.86. The molecule has 6 nitrogen and oxygen atoms in total.